The minimum atomic E-state index is -0.216. The third-order valence-corrected chi connectivity index (χ3v) is 5.15. The van der Waals surface area contributed by atoms with E-state index in [4.69, 9.17) is 17.3 Å². The molecule has 21 heavy (non-hydrogen) atoms. The van der Waals surface area contributed by atoms with Crippen LogP contribution in [-0.2, 0) is 0 Å². The highest BCUT2D eigenvalue weighted by Crippen LogP contribution is 2.38. The number of carbonyl (C=O) groups is 1. The third-order valence-electron chi connectivity index (χ3n) is 2.99. The van der Waals surface area contributed by atoms with Crippen LogP contribution in [0.4, 0.5) is 11.4 Å². The van der Waals surface area contributed by atoms with Gasteiger partial charge in [-0.3, -0.25) is 4.79 Å². The van der Waals surface area contributed by atoms with Gasteiger partial charge in [-0.05, 0) is 52.9 Å². The average Bonchev–Trinajstić information content (AvgIpc) is 2.77. The molecule has 0 aliphatic heterocycles. The second kappa shape index (κ2) is 5.82. The van der Waals surface area contributed by atoms with Gasteiger partial charge in [0.2, 0.25) is 0 Å². The van der Waals surface area contributed by atoms with E-state index in [1.807, 2.05) is 36.4 Å². The third kappa shape index (κ3) is 2.86. The molecular formula is C15H10ClIN2OS. The number of rotatable bonds is 2. The molecule has 106 valence electrons. The standard InChI is InChI=1S/C15H10ClIN2OS/c16-10-5-2-6-11-12(10)13(18)14(21-11)15(20)19-9-4-1-3-8(17)7-9/h1-7H,18H2,(H,19,20). The normalized spacial score (nSPS) is 10.8. The lowest BCUT2D eigenvalue weighted by atomic mass is 10.2. The zero-order valence-electron chi connectivity index (χ0n) is 10.7. The summed E-state index contributed by atoms with van der Waals surface area (Å²) in [6.45, 7) is 0. The van der Waals surface area contributed by atoms with Crippen molar-refractivity contribution >= 4 is 72.9 Å². The van der Waals surface area contributed by atoms with Crippen LogP contribution < -0.4 is 11.1 Å². The largest absolute Gasteiger partial charge is 0.397 e. The molecule has 6 heteroatoms. The van der Waals surface area contributed by atoms with Gasteiger partial charge in [0.1, 0.15) is 4.88 Å². The predicted octanol–water partition coefficient (Wildman–Crippen LogP) is 4.99. The molecule has 0 aliphatic carbocycles. The van der Waals surface area contributed by atoms with E-state index >= 15 is 0 Å². The van der Waals surface area contributed by atoms with Crippen molar-refractivity contribution in [2.45, 2.75) is 0 Å². The quantitative estimate of drug-likeness (QED) is 0.565. The first-order valence-electron chi connectivity index (χ1n) is 6.09. The molecule has 1 aromatic heterocycles. The van der Waals surface area contributed by atoms with Crippen molar-refractivity contribution < 1.29 is 4.79 Å². The molecule has 0 saturated heterocycles. The number of hydrogen-bond donors (Lipinski definition) is 2. The summed E-state index contributed by atoms with van der Waals surface area (Å²) in [6, 6.07) is 13.1. The number of amides is 1. The first-order valence-corrected chi connectivity index (χ1v) is 8.37. The van der Waals surface area contributed by atoms with Crippen molar-refractivity contribution in [1.29, 1.82) is 0 Å². The van der Waals surface area contributed by atoms with Gasteiger partial charge in [0.05, 0.1) is 10.7 Å². The van der Waals surface area contributed by atoms with Gasteiger partial charge in [-0.25, -0.2) is 0 Å². The molecule has 0 atom stereocenters. The second-order valence-corrected chi connectivity index (χ2v) is 7.13. The van der Waals surface area contributed by atoms with Crippen molar-refractivity contribution in [3.63, 3.8) is 0 Å². The van der Waals surface area contributed by atoms with Gasteiger partial charge in [0.15, 0.2) is 0 Å². The number of nitrogen functional groups attached to an aromatic ring is 1. The second-order valence-electron chi connectivity index (χ2n) is 4.42. The Labute approximate surface area is 144 Å². The number of carbonyl (C=O) groups excluding carboxylic acids is 1. The molecule has 0 spiro atoms. The van der Waals surface area contributed by atoms with E-state index in [1.54, 1.807) is 6.07 Å². The molecule has 0 fully saturated rings. The number of nitrogens with two attached hydrogens (primary N) is 1. The van der Waals surface area contributed by atoms with E-state index < -0.39 is 0 Å². The van der Waals surface area contributed by atoms with Gasteiger partial charge < -0.3 is 11.1 Å². The summed E-state index contributed by atoms with van der Waals surface area (Å²) < 4.78 is 1.96. The van der Waals surface area contributed by atoms with Crippen LogP contribution in [0.5, 0.6) is 0 Å². The molecule has 0 radical (unpaired) electrons. The summed E-state index contributed by atoms with van der Waals surface area (Å²) in [6.07, 6.45) is 0. The highest BCUT2D eigenvalue weighted by atomic mass is 127. The molecule has 1 heterocycles. The maximum atomic E-state index is 12.4. The molecule has 2 aromatic carbocycles. The molecular weight excluding hydrogens is 419 g/mol. The zero-order valence-corrected chi connectivity index (χ0v) is 14.4. The minimum Gasteiger partial charge on any atom is -0.397 e. The fourth-order valence-electron chi connectivity index (χ4n) is 2.05. The number of nitrogens with one attached hydrogen (secondary N) is 1. The predicted molar refractivity (Wildman–Crippen MR) is 98.4 cm³/mol. The summed E-state index contributed by atoms with van der Waals surface area (Å²) in [5.74, 6) is -0.216. The van der Waals surface area contributed by atoms with Gasteiger partial charge in [0.25, 0.3) is 5.91 Å². The Hall–Kier alpha value is -1.31. The SMILES string of the molecule is Nc1c(C(=O)Nc2cccc(I)c2)sc2cccc(Cl)c12. The van der Waals surface area contributed by atoms with Gasteiger partial charge in [-0.2, -0.15) is 0 Å². The van der Waals surface area contributed by atoms with E-state index in [0.717, 1.165) is 19.3 Å². The fourth-order valence-corrected chi connectivity index (χ4v) is 3.97. The van der Waals surface area contributed by atoms with Gasteiger partial charge in [0, 0.05) is 19.3 Å². The fraction of sp³-hybridized carbons (Fsp3) is 0. The highest BCUT2D eigenvalue weighted by molar-refractivity contribution is 14.1. The van der Waals surface area contributed by atoms with E-state index in [-0.39, 0.29) is 5.91 Å². The number of anilines is 2. The van der Waals surface area contributed by atoms with Crippen molar-refractivity contribution in [3.8, 4) is 0 Å². The molecule has 3 nitrogen and oxygen atoms in total. The van der Waals surface area contributed by atoms with E-state index in [2.05, 4.69) is 27.9 Å². The molecule has 3 N–H and O–H groups in total. The summed E-state index contributed by atoms with van der Waals surface area (Å²) in [7, 11) is 0. The van der Waals surface area contributed by atoms with Crippen LogP contribution in [0.2, 0.25) is 5.02 Å². The number of hydrogen-bond acceptors (Lipinski definition) is 3. The molecule has 0 unspecified atom stereocenters. The first kappa shape index (κ1) is 14.6. The Morgan fingerprint density at radius 1 is 1.24 bits per heavy atom. The topological polar surface area (TPSA) is 55.1 Å². The van der Waals surface area contributed by atoms with E-state index in [9.17, 15) is 4.79 Å². The molecule has 3 aromatic rings. The Balaban J connectivity index is 1.99. The lowest BCUT2D eigenvalue weighted by Crippen LogP contribution is -2.11. The van der Waals surface area contributed by atoms with E-state index in [0.29, 0.717) is 15.6 Å². The summed E-state index contributed by atoms with van der Waals surface area (Å²) in [5.41, 5.74) is 7.27. The summed E-state index contributed by atoms with van der Waals surface area (Å²) in [5, 5.41) is 4.18. The zero-order chi connectivity index (χ0) is 15.0. The summed E-state index contributed by atoms with van der Waals surface area (Å²) >= 11 is 9.70. The van der Waals surface area contributed by atoms with E-state index in [1.165, 1.54) is 11.3 Å². The average molecular weight is 429 g/mol. The maximum absolute atomic E-state index is 12.4. The number of halogens is 2. The number of thiophene rings is 1. The number of fused-ring (bicyclic) bond motifs is 1. The van der Waals surface area contributed by atoms with Crippen LogP contribution in [0.1, 0.15) is 9.67 Å². The van der Waals surface area contributed by atoms with Crippen LogP contribution in [0.15, 0.2) is 42.5 Å². The van der Waals surface area contributed by atoms with Crippen LogP contribution >= 0.6 is 45.5 Å². The Bertz CT molecular complexity index is 847. The molecule has 0 aliphatic rings. The van der Waals surface area contributed by atoms with Gasteiger partial charge in [-0.15, -0.1) is 11.3 Å². The molecule has 0 saturated carbocycles. The Kier molecular flexibility index (Phi) is 4.05. The Morgan fingerprint density at radius 2 is 2.00 bits per heavy atom. The first-order chi connectivity index (χ1) is 10.1. The van der Waals surface area contributed by atoms with Gasteiger partial charge in [-0.1, -0.05) is 23.7 Å². The molecule has 1 amide bonds. The molecule has 0 bridgehead atoms. The molecule has 3 rings (SSSR count). The van der Waals surface area contributed by atoms with Crippen LogP contribution in [0.25, 0.3) is 10.1 Å². The maximum Gasteiger partial charge on any atom is 0.267 e. The lowest BCUT2D eigenvalue weighted by Gasteiger charge is -2.04. The highest BCUT2D eigenvalue weighted by Gasteiger charge is 2.18. The van der Waals surface area contributed by atoms with Crippen LogP contribution in [0, 0.1) is 3.57 Å². The monoisotopic (exact) mass is 428 g/mol. The Morgan fingerprint density at radius 3 is 2.71 bits per heavy atom. The van der Waals surface area contributed by atoms with Crippen LogP contribution in [-0.4, -0.2) is 5.91 Å². The van der Waals surface area contributed by atoms with Gasteiger partial charge >= 0.3 is 0 Å². The van der Waals surface area contributed by atoms with Crippen LogP contribution in [0.3, 0.4) is 0 Å². The smallest absolute Gasteiger partial charge is 0.267 e. The van der Waals surface area contributed by atoms with Crippen molar-refractivity contribution in [1.82, 2.24) is 0 Å². The van der Waals surface area contributed by atoms with Crippen molar-refractivity contribution in [2.75, 3.05) is 11.1 Å². The lowest BCUT2D eigenvalue weighted by molar-refractivity contribution is 0.103. The number of benzene rings is 2. The summed E-state index contributed by atoms with van der Waals surface area (Å²) in [4.78, 5) is 12.9. The van der Waals surface area contributed by atoms with Crippen molar-refractivity contribution in [3.05, 3.63) is 55.9 Å². The minimum absolute atomic E-state index is 0.216. The van der Waals surface area contributed by atoms with Crippen molar-refractivity contribution in [2.24, 2.45) is 0 Å².